The fourth-order valence-electron chi connectivity index (χ4n) is 3.54. The molecule has 150 valence electrons. The largest absolute Gasteiger partial charge is 0.497 e. The molecule has 1 fully saturated rings. The van der Waals surface area contributed by atoms with Crippen LogP contribution in [-0.2, 0) is 16.0 Å². The van der Waals surface area contributed by atoms with Crippen LogP contribution in [-0.4, -0.2) is 47.1 Å². The van der Waals surface area contributed by atoms with Gasteiger partial charge in [0.15, 0.2) is 11.7 Å². The van der Waals surface area contributed by atoms with E-state index in [1.165, 1.54) is 0 Å². The van der Waals surface area contributed by atoms with E-state index in [2.05, 4.69) is 4.98 Å². The summed E-state index contributed by atoms with van der Waals surface area (Å²) in [5.41, 5.74) is 0.906. The van der Waals surface area contributed by atoms with Crippen LogP contribution in [0.5, 0.6) is 5.75 Å². The van der Waals surface area contributed by atoms with Crippen molar-refractivity contribution in [1.82, 2.24) is 9.88 Å². The zero-order valence-electron chi connectivity index (χ0n) is 16.1. The van der Waals surface area contributed by atoms with Gasteiger partial charge in [0.25, 0.3) is 0 Å². The van der Waals surface area contributed by atoms with Gasteiger partial charge in [0.05, 0.1) is 13.3 Å². The van der Waals surface area contributed by atoms with E-state index in [9.17, 15) is 9.59 Å². The van der Waals surface area contributed by atoms with Gasteiger partial charge in [-0.1, -0.05) is 0 Å². The summed E-state index contributed by atoms with van der Waals surface area (Å²) in [6.45, 7) is 1.39. The van der Waals surface area contributed by atoms with Crippen molar-refractivity contribution >= 4 is 11.9 Å². The first-order valence-corrected chi connectivity index (χ1v) is 9.64. The number of aryl methyl sites for hydroxylation is 1. The van der Waals surface area contributed by atoms with E-state index in [1.54, 1.807) is 13.3 Å². The third-order valence-corrected chi connectivity index (χ3v) is 5.12. The van der Waals surface area contributed by atoms with E-state index in [1.807, 2.05) is 29.2 Å². The van der Waals surface area contributed by atoms with Crippen LogP contribution in [0.2, 0.25) is 0 Å². The molecule has 2 heterocycles. The summed E-state index contributed by atoms with van der Waals surface area (Å²) >= 11 is 0. The van der Waals surface area contributed by atoms with Crippen LogP contribution in [0.1, 0.15) is 38.0 Å². The van der Waals surface area contributed by atoms with Gasteiger partial charge in [-0.25, -0.2) is 4.98 Å². The Morgan fingerprint density at radius 1 is 1.29 bits per heavy atom. The number of hydrogen-bond donors (Lipinski definition) is 1. The number of aromatic nitrogens is 1. The number of hydrogen-bond acceptors (Lipinski definition) is 5. The Labute approximate surface area is 164 Å². The maximum Gasteiger partial charge on any atom is 0.303 e. The first kappa shape index (κ1) is 19.9. The van der Waals surface area contributed by atoms with Crippen LogP contribution < -0.4 is 4.74 Å². The summed E-state index contributed by atoms with van der Waals surface area (Å²) in [5, 5.41) is 8.84. The summed E-state index contributed by atoms with van der Waals surface area (Å²) in [7, 11) is 1.62. The number of benzene rings is 1. The Kier molecular flexibility index (Phi) is 6.68. The molecule has 1 aliphatic rings. The smallest absolute Gasteiger partial charge is 0.303 e. The average molecular weight is 386 g/mol. The molecule has 2 aromatic rings. The highest BCUT2D eigenvalue weighted by molar-refractivity contribution is 5.76. The molecule has 7 heteroatoms. The number of nitrogens with zero attached hydrogens (tertiary/aromatic N) is 2. The molecule has 0 unspecified atom stereocenters. The van der Waals surface area contributed by atoms with Crippen LogP contribution >= 0.6 is 0 Å². The van der Waals surface area contributed by atoms with Crippen LogP contribution in [0.15, 0.2) is 34.9 Å². The van der Waals surface area contributed by atoms with Crippen molar-refractivity contribution in [1.29, 1.82) is 0 Å². The van der Waals surface area contributed by atoms with Crippen molar-refractivity contribution in [3.63, 3.8) is 0 Å². The van der Waals surface area contributed by atoms with Crippen molar-refractivity contribution < 1.29 is 23.8 Å². The van der Waals surface area contributed by atoms with Crippen molar-refractivity contribution in [3.05, 3.63) is 36.4 Å². The van der Waals surface area contributed by atoms with Crippen molar-refractivity contribution in [3.8, 4) is 17.1 Å². The second-order valence-corrected chi connectivity index (χ2v) is 7.13. The van der Waals surface area contributed by atoms with Gasteiger partial charge in [0.1, 0.15) is 5.75 Å². The molecule has 7 nitrogen and oxygen atoms in total. The topological polar surface area (TPSA) is 92.9 Å². The zero-order chi connectivity index (χ0) is 19.9. The van der Waals surface area contributed by atoms with Crippen molar-refractivity contribution in [2.45, 2.75) is 38.5 Å². The van der Waals surface area contributed by atoms with Crippen LogP contribution in [0.4, 0.5) is 0 Å². The molecule has 0 aliphatic carbocycles. The Bertz CT molecular complexity index is 799. The van der Waals surface area contributed by atoms with Gasteiger partial charge in [-0.05, 0) is 49.4 Å². The lowest BCUT2D eigenvalue weighted by Gasteiger charge is -2.32. The quantitative estimate of drug-likeness (QED) is 0.748. The van der Waals surface area contributed by atoms with Gasteiger partial charge in [-0.15, -0.1) is 0 Å². The number of methoxy groups -OCH3 is 1. The lowest BCUT2D eigenvalue weighted by Crippen LogP contribution is -2.40. The van der Waals surface area contributed by atoms with E-state index < -0.39 is 5.97 Å². The fraction of sp³-hybridized carbons (Fsp3) is 0.476. The minimum Gasteiger partial charge on any atom is -0.497 e. The average Bonchev–Trinajstić information content (AvgIpc) is 3.20. The Balaban J connectivity index is 1.50. The molecule has 1 aromatic carbocycles. The summed E-state index contributed by atoms with van der Waals surface area (Å²) in [4.78, 5) is 29.4. The van der Waals surface area contributed by atoms with E-state index in [0.29, 0.717) is 37.5 Å². The molecule has 1 N–H and O–H groups in total. The summed E-state index contributed by atoms with van der Waals surface area (Å²) in [6.07, 6.45) is 5.17. The number of likely N-dealkylation sites (tertiary alicyclic amines) is 1. The normalized spacial score (nSPS) is 16.8. The molecule has 3 rings (SSSR count). The highest BCUT2D eigenvalue weighted by atomic mass is 16.5. The maximum atomic E-state index is 12.5. The van der Waals surface area contributed by atoms with E-state index in [0.717, 1.165) is 30.7 Å². The van der Waals surface area contributed by atoms with E-state index in [4.69, 9.17) is 14.3 Å². The minimum absolute atomic E-state index is 0.0734. The molecule has 0 spiro atoms. The lowest BCUT2D eigenvalue weighted by molar-refractivity contribution is -0.137. The molecular formula is C21H26N2O5. The molecule has 0 saturated carbocycles. The zero-order valence-corrected chi connectivity index (χ0v) is 16.1. The molecule has 1 aliphatic heterocycles. The standard InChI is InChI=1S/C21H26N2O5/c1-27-17-7-5-16(6-8-17)18-13-22-19(28-18)9-10-20(24)23-12-2-3-15(14-23)4-11-21(25)26/h5-8,13,15H,2-4,9-12,14H2,1H3,(H,25,26)/t15-/m0/s1. The first-order chi connectivity index (χ1) is 13.5. The predicted molar refractivity (Wildman–Crippen MR) is 103 cm³/mol. The van der Waals surface area contributed by atoms with E-state index in [-0.39, 0.29) is 18.2 Å². The number of ether oxygens (including phenoxy) is 1. The second kappa shape index (κ2) is 9.39. The van der Waals surface area contributed by atoms with Crippen LogP contribution in [0, 0.1) is 5.92 Å². The third kappa shape index (κ3) is 5.34. The number of rotatable bonds is 8. The van der Waals surface area contributed by atoms with Crippen LogP contribution in [0.25, 0.3) is 11.3 Å². The molecule has 0 radical (unpaired) electrons. The number of carboxylic acid groups (broad SMARTS) is 1. The minimum atomic E-state index is -0.778. The van der Waals surface area contributed by atoms with Gasteiger partial charge in [-0.3, -0.25) is 9.59 Å². The number of amides is 1. The van der Waals surface area contributed by atoms with Gasteiger partial charge < -0.3 is 19.2 Å². The van der Waals surface area contributed by atoms with E-state index >= 15 is 0 Å². The number of oxazole rings is 1. The monoisotopic (exact) mass is 386 g/mol. The molecule has 1 amide bonds. The molecule has 1 saturated heterocycles. The summed E-state index contributed by atoms with van der Waals surface area (Å²) < 4.78 is 10.9. The number of carboxylic acids is 1. The molecule has 28 heavy (non-hydrogen) atoms. The van der Waals surface area contributed by atoms with Crippen LogP contribution in [0.3, 0.4) is 0 Å². The lowest BCUT2D eigenvalue weighted by atomic mass is 9.93. The fourth-order valence-corrected chi connectivity index (χ4v) is 3.54. The Morgan fingerprint density at radius 2 is 2.07 bits per heavy atom. The molecule has 1 atom stereocenters. The Morgan fingerprint density at radius 3 is 2.79 bits per heavy atom. The third-order valence-electron chi connectivity index (χ3n) is 5.12. The Hall–Kier alpha value is -2.83. The van der Waals surface area contributed by atoms with Gasteiger partial charge >= 0.3 is 5.97 Å². The van der Waals surface area contributed by atoms with Crippen molar-refractivity contribution in [2.24, 2.45) is 5.92 Å². The number of carbonyl (C=O) groups is 2. The van der Waals surface area contributed by atoms with Gasteiger partial charge in [0, 0.05) is 37.9 Å². The van der Waals surface area contributed by atoms with Crippen molar-refractivity contribution in [2.75, 3.05) is 20.2 Å². The predicted octanol–water partition coefficient (Wildman–Crippen LogP) is 3.39. The van der Waals surface area contributed by atoms with Gasteiger partial charge in [-0.2, -0.15) is 0 Å². The second-order valence-electron chi connectivity index (χ2n) is 7.13. The number of piperidine rings is 1. The summed E-state index contributed by atoms with van der Waals surface area (Å²) in [5.74, 6) is 1.55. The number of carbonyl (C=O) groups excluding carboxylic acids is 1. The maximum absolute atomic E-state index is 12.5. The highest BCUT2D eigenvalue weighted by Crippen LogP contribution is 2.24. The highest BCUT2D eigenvalue weighted by Gasteiger charge is 2.24. The molecular weight excluding hydrogens is 360 g/mol. The van der Waals surface area contributed by atoms with Gasteiger partial charge in [0.2, 0.25) is 5.91 Å². The molecule has 0 bridgehead atoms. The number of aliphatic carboxylic acids is 1. The first-order valence-electron chi connectivity index (χ1n) is 9.64. The SMILES string of the molecule is COc1ccc(-c2cnc(CCC(=O)N3CCC[C@@H](CCC(=O)O)C3)o2)cc1. The summed E-state index contributed by atoms with van der Waals surface area (Å²) in [6, 6.07) is 7.52. The molecule has 1 aromatic heterocycles.